The smallest absolute Gasteiger partial charge is 0.382 e. The summed E-state index contributed by atoms with van der Waals surface area (Å²) in [5.41, 5.74) is 7.59. The molecule has 44 heavy (non-hydrogen) atoms. The summed E-state index contributed by atoms with van der Waals surface area (Å²) in [7, 11) is 0. The average Bonchev–Trinajstić information content (AvgIpc) is 3.37. The van der Waals surface area contributed by atoms with Gasteiger partial charge in [0.05, 0.1) is 5.56 Å². The summed E-state index contributed by atoms with van der Waals surface area (Å²) < 4.78 is 41.1. The van der Waals surface area contributed by atoms with Crippen LogP contribution < -0.4 is 11.1 Å². The van der Waals surface area contributed by atoms with Crippen LogP contribution >= 0.6 is 0 Å². The molecule has 1 unspecified atom stereocenters. The molecule has 9 nitrogen and oxygen atoms in total. The fourth-order valence-corrected chi connectivity index (χ4v) is 6.27. The van der Waals surface area contributed by atoms with Gasteiger partial charge < -0.3 is 16.0 Å². The van der Waals surface area contributed by atoms with Crippen LogP contribution in [0, 0.1) is 17.8 Å². The number of nitrogens with one attached hydrogen (secondary N) is 1. The van der Waals surface area contributed by atoms with E-state index in [2.05, 4.69) is 29.1 Å². The van der Waals surface area contributed by atoms with E-state index in [4.69, 9.17) is 10.7 Å². The van der Waals surface area contributed by atoms with Gasteiger partial charge in [-0.1, -0.05) is 26.0 Å². The third kappa shape index (κ3) is 5.72. The van der Waals surface area contributed by atoms with E-state index < -0.39 is 17.6 Å². The van der Waals surface area contributed by atoms with Crippen LogP contribution in [0.5, 0.6) is 0 Å². The number of rotatable bonds is 6. The second kappa shape index (κ2) is 11.5. The van der Waals surface area contributed by atoms with Gasteiger partial charge in [0, 0.05) is 54.6 Å². The quantitative estimate of drug-likeness (QED) is 0.277. The Morgan fingerprint density at radius 3 is 2.52 bits per heavy atom. The Bertz CT molecular complexity index is 1690. The Labute approximate surface area is 252 Å². The van der Waals surface area contributed by atoms with Gasteiger partial charge in [0.2, 0.25) is 5.91 Å². The maximum atomic E-state index is 13.3. The molecular weight excluding hydrogens is 571 g/mol. The number of pyridine rings is 1. The fraction of sp³-hybridized carbons (Fsp3) is 0.406. The number of alkyl halides is 3. The van der Waals surface area contributed by atoms with Gasteiger partial charge in [-0.05, 0) is 61.8 Å². The Hall–Kier alpha value is -4.48. The van der Waals surface area contributed by atoms with Gasteiger partial charge >= 0.3 is 6.18 Å². The van der Waals surface area contributed by atoms with Gasteiger partial charge in [-0.25, -0.2) is 15.0 Å². The maximum Gasteiger partial charge on any atom is 0.416 e. The first kappa shape index (κ1) is 29.6. The van der Waals surface area contributed by atoms with E-state index in [1.165, 1.54) is 0 Å². The third-order valence-corrected chi connectivity index (χ3v) is 8.92. The zero-order valence-corrected chi connectivity index (χ0v) is 24.5. The van der Waals surface area contributed by atoms with E-state index in [1.807, 2.05) is 15.5 Å². The van der Waals surface area contributed by atoms with Crippen molar-refractivity contribution in [1.82, 2.24) is 24.3 Å². The van der Waals surface area contributed by atoms with Crippen LogP contribution in [0.3, 0.4) is 0 Å². The molecule has 1 atom stereocenters. The zero-order chi connectivity index (χ0) is 31.2. The lowest BCUT2D eigenvalue weighted by atomic mass is 9.69. The first-order chi connectivity index (χ1) is 21.0. The highest BCUT2D eigenvalue weighted by molar-refractivity contribution is 6.04. The van der Waals surface area contributed by atoms with E-state index in [1.54, 1.807) is 30.5 Å². The second-order valence-electron chi connectivity index (χ2n) is 12.1. The number of nitrogen functional groups attached to an aromatic ring is 1. The van der Waals surface area contributed by atoms with Crippen molar-refractivity contribution in [1.29, 1.82) is 0 Å². The minimum atomic E-state index is -4.55. The Morgan fingerprint density at radius 1 is 1.07 bits per heavy atom. The molecule has 2 amide bonds. The number of nitrogens with two attached hydrogens (primary N) is 1. The van der Waals surface area contributed by atoms with Crippen molar-refractivity contribution in [3.63, 3.8) is 0 Å². The number of halogens is 3. The molecule has 3 aromatic heterocycles. The van der Waals surface area contributed by atoms with Gasteiger partial charge in [-0.3, -0.25) is 14.0 Å². The van der Waals surface area contributed by atoms with E-state index in [-0.39, 0.29) is 29.1 Å². The molecule has 1 aromatic carbocycles. The lowest BCUT2D eigenvalue weighted by Gasteiger charge is -2.41. The topological polar surface area (TPSA) is 119 Å². The Kier molecular flexibility index (Phi) is 7.77. The van der Waals surface area contributed by atoms with Crippen molar-refractivity contribution < 1.29 is 22.8 Å². The van der Waals surface area contributed by atoms with E-state index in [0.717, 1.165) is 56.4 Å². The number of likely N-dealkylation sites (tertiary alicyclic amines) is 1. The first-order valence-corrected chi connectivity index (χ1v) is 14.9. The van der Waals surface area contributed by atoms with Crippen molar-refractivity contribution in [2.24, 2.45) is 17.8 Å². The number of imidazole rings is 1. The number of carbonyl (C=O) groups excluding carboxylic acids is 2. The summed E-state index contributed by atoms with van der Waals surface area (Å²) in [5.74, 6) is 1.88. The molecule has 1 saturated carbocycles. The SMILES string of the molecule is CC(C)C1CC(C(=O)N2CCCC(c3nc(-c4ccc(C(=O)Nc5cc(C(F)(F)F)ccn5)cc4)c4c(N)nccn34)C2)C1. The van der Waals surface area contributed by atoms with Crippen molar-refractivity contribution in [3.05, 3.63) is 71.9 Å². The molecule has 2 aliphatic rings. The number of amides is 2. The average molecular weight is 606 g/mol. The highest BCUT2D eigenvalue weighted by Crippen LogP contribution is 2.41. The molecule has 0 radical (unpaired) electrons. The molecule has 3 N–H and O–H groups in total. The van der Waals surface area contributed by atoms with Crippen molar-refractivity contribution in [2.75, 3.05) is 24.1 Å². The summed E-state index contributed by atoms with van der Waals surface area (Å²) in [6, 6.07) is 8.19. The van der Waals surface area contributed by atoms with Crippen LogP contribution in [-0.4, -0.2) is 49.2 Å². The van der Waals surface area contributed by atoms with Gasteiger partial charge in [0.1, 0.15) is 28.7 Å². The van der Waals surface area contributed by atoms with Crippen LogP contribution in [0.25, 0.3) is 16.8 Å². The van der Waals surface area contributed by atoms with E-state index in [0.29, 0.717) is 41.0 Å². The molecule has 1 aliphatic heterocycles. The van der Waals surface area contributed by atoms with Crippen LogP contribution in [0.1, 0.15) is 67.2 Å². The lowest BCUT2D eigenvalue weighted by Crippen LogP contribution is -2.46. The number of anilines is 2. The maximum absolute atomic E-state index is 13.3. The number of nitrogens with zero attached hydrogens (tertiary/aromatic N) is 5. The molecule has 0 bridgehead atoms. The van der Waals surface area contributed by atoms with Crippen molar-refractivity contribution in [2.45, 2.75) is 51.6 Å². The van der Waals surface area contributed by atoms with Crippen LogP contribution in [0.4, 0.5) is 24.8 Å². The van der Waals surface area contributed by atoms with Crippen molar-refractivity contribution in [3.8, 4) is 11.3 Å². The zero-order valence-electron chi connectivity index (χ0n) is 24.5. The first-order valence-electron chi connectivity index (χ1n) is 14.9. The van der Waals surface area contributed by atoms with Crippen LogP contribution in [-0.2, 0) is 11.0 Å². The van der Waals surface area contributed by atoms with Crippen molar-refractivity contribution >= 4 is 29.0 Å². The largest absolute Gasteiger partial charge is 0.416 e. The molecule has 12 heteroatoms. The van der Waals surface area contributed by atoms with Crippen LogP contribution in [0.15, 0.2) is 55.0 Å². The monoisotopic (exact) mass is 605 g/mol. The summed E-state index contributed by atoms with van der Waals surface area (Å²) in [6.07, 6.45) is 3.57. The number of fused-ring (bicyclic) bond motifs is 1. The predicted molar refractivity (Wildman–Crippen MR) is 160 cm³/mol. The number of carbonyl (C=O) groups is 2. The van der Waals surface area contributed by atoms with Gasteiger partial charge in [0.15, 0.2) is 0 Å². The standard InChI is InChI=1S/C32H34F3N7O2/c1-18(2)22-14-23(15-22)31(44)41-12-3-4-21(17-41)29-40-26(27-28(36)38-11-13-42(27)29)19-5-7-20(8-6-19)30(43)39-25-16-24(9-10-37-25)32(33,34)35/h5-11,13,16,18,21-23H,3-4,12,14-15,17H2,1-2H3,(H2,36,38)(H,37,39,43). The number of hydrogen-bond donors (Lipinski definition) is 2. The van der Waals surface area contributed by atoms with Crippen LogP contribution in [0.2, 0.25) is 0 Å². The lowest BCUT2D eigenvalue weighted by molar-refractivity contribution is -0.142. The molecule has 230 valence electrons. The third-order valence-electron chi connectivity index (χ3n) is 8.92. The number of benzene rings is 1. The predicted octanol–water partition coefficient (Wildman–Crippen LogP) is 6.03. The summed E-state index contributed by atoms with van der Waals surface area (Å²) >= 11 is 0. The summed E-state index contributed by atoms with van der Waals surface area (Å²) in [5, 5.41) is 2.42. The molecule has 4 heterocycles. The van der Waals surface area contributed by atoms with E-state index in [9.17, 15) is 22.8 Å². The molecule has 2 fully saturated rings. The van der Waals surface area contributed by atoms with Gasteiger partial charge in [0.25, 0.3) is 5.91 Å². The second-order valence-corrected chi connectivity index (χ2v) is 12.1. The minimum absolute atomic E-state index is 0.0155. The number of piperidine rings is 1. The Balaban J connectivity index is 1.22. The normalized spacial score (nSPS) is 20.5. The fourth-order valence-electron chi connectivity index (χ4n) is 6.27. The molecule has 6 rings (SSSR count). The molecule has 1 aliphatic carbocycles. The molecule has 1 saturated heterocycles. The van der Waals surface area contributed by atoms with Gasteiger partial charge in [-0.2, -0.15) is 13.2 Å². The highest BCUT2D eigenvalue weighted by atomic mass is 19.4. The minimum Gasteiger partial charge on any atom is -0.382 e. The summed E-state index contributed by atoms with van der Waals surface area (Å²) in [4.78, 5) is 41.2. The van der Waals surface area contributed by atoms with E-state index >= 15 is 0 Å². The molecule has 0 spiro atoms. The number of hydrogen-bond acceptors (Lipinski definition) is 6. The highest BCUT2D eigenvalue weighted by Gasteiger charge is 2.40. The van der Waals surface area contributed by atoms with Gasteiger partial charge in [-0.15, -0.1) is 0 Å². The Morgan fingerprint density at radius 2 is 1.82 bits per heavy atom. The number of aromatic nitrogens is 4. The summed E-state index contributed by atoms with van der Waals surface area (Å²) in [6.45, 7) is 5.76. The molecular formula is C32H34F3N7O2. The molecule has 4 aromatic rings.